The summed E-state index contributed by atoms with van der Waals surface area (Å²) < 4.78 is 76.2. The number of carboxylic acids is 2. The van der Waals surface area contributed by atoms with Crippen LogP contribution in [0.25, 0.3) is 0 Å². The number of carboxylic acid groups (broad SMARTS) is 2. The molecule has 2 aromatic rings. The topological polar surface area (TPSA) is 516 Å². The highest BCUT2D eigenvalue weighted by atomic mass is 16.7. The molecule has 0 aromatic heterocycles. The van der Waals surface area contributed by atoms with Crippen LogP contribution in [0.5, 0.6) is 0 Å². The second-order valence-electron chi connectivity index (χ2n) is 21.2. The molecule has 2 aromatic carbocycles. The molecular weight excluding hydrogens is 1370 g/mol. The van der Waals surface area contributed by atoms with Gasteiger partial charge in [0, 0.05) is 20.8 Å². The summed E-state index contributed by atoms with van der Waals surface area (Å²) in [7, 11) is 0. The Hall–Kier alpha value is -11.1. The van der Waals surface area contributed by atoms with Crippen molar-refractivity contribution in [1.29, 1.82) is 0 Å². The summed E-state index contributed by atoms with van der Waals surface area (Å²) in [5, 5.41) is 26.1. The van der Waals surface area contributed by atoms with E-state index in [1.54, 1.807) is 24.3 Å². The number of esters is 16. The van der Waals surface area contributed by atoms with Gasteiger partial charge >= 0.3 is 107 Å². The van der Waals surface area contributed by atoms with Gasteiger partial charge in [-0.1, -0.05) is 60.7 Å². The highest BCUT2D eigenvalue weighted by Crippen LogP contribution is 2.13. The number of aliphatic carboxylic acids is 2. The van der Waals surface area contributed by atoms with Crippen LogP contribution in [0, 0.1) is 0 Å². The van der Waals surface area contributed by atoms with Gasteiger partial charge in [-0.15, -0.1) is 0 Å². The number of carbonyl (C=O) groups is 18. The molecule has 0 radical (unpaired) electrons. The zero-order valence-corrected chi connectivity index (χ0v) is 59.1. The molecule has 0 amide bonds. The first-order valence-electron chi connectivity index (χ1n) is 30.5. The monoisotopic (exact) mass is 1460 g/mol. The third kappa shape index (κ3) is 40.1. The molecule has 3 N–H and O–H groups in total. The smallest absolute Gasteiger partial charge is 0.347 e. The number of rotatable bonds is 33. The number of benzene rings is 2. The maximum atomic E-state index is 12.2. The largest absolute Gasteiger partial charge is 0.479 e. The van der Waals surface area contributed by atoms with E-state index < -0.39 is 199 Å². The molecule has 568 valence electrons. The first-order valence-corrected chi connectivity index (χ1v) is 30.5. The number of carbonyl (C=O) groups excluding carboxylic acids is 16. The van der Waals surface area contributed by atoms with Gasteiger partial charge in [0.2, 0.25) is 0 Å². The molecule has 0 saturated heterocycles. The lowest BCUT2D eigenvalue weighted by Gasteiger charge is -2.20. The van der Waals surface area contributed by atoms with Gasteiger partial charge in [-0.05, 0) is 115 Å². The fourth-order valence-corrected chi connectivity index (χ4v) is 6.09. The summed E-state index contributed by atoms with van der Waals surface area (Å²) in [5.41, 5.74) is 1.60. The summed E-state index contributed by atoms with van der Waals surface area (Å²) in [6.07, 6.45) is -19.9. The van der Waals surface area contributed by atoms with Crippen LogP contribution in [-0.2, 0) is 175 Å². The van der Waals surface area contributed by atoms with Crippen molar-refractivity contribution in [2.24, 2.45) is 0 Å². The second-order valence-corrected chi connectivity index (χ2v) is 21.2. The molecule has 0 heterocycles. The van der Waals surface area contributed by atoms with Crippen molar-refractivity contribution >= 4 is 107 Å². The van der Waals surface area contributed by atoms with Gasteiger partial charge in [-0.3, -0.25) is 14.4 Å². The lowest BCUT2D eigenvalue weighted by molar-refractivity contribution is -0.186. The van der Waals surface area contributed by atoms with Crippen molar-refractivity contribution in [3.63, 3.8) is 0 Å². The molecular formula is C65H86O37. The first kappa shape index (κ1) is 92.9. The third-order valence-electron chi connectivity index (χ3n) is 11.7. The van der Waals surface area contributed by atoms with Gasteiger partial charge in [0.15, 0.2) is 85.5 Å². The van der Waals surface area contributed by atoms with E-state index in [0.29, 0.717) is 0 Å². The summed E-state index contributed by atoms with van der Waals surface area (Å²) in [6, 6.07) is 18.0. The number of ether oxygens (including phenoxy) is 16. The Labute approximate surface area is 584 Å². The van der Waals surface area contributed by atoms with Crippen molar-refractivity contribution in [2.75, 3.05) is 0 Å². The molecule has 0 spiro atoms. The van der Waals surface area contributed by atoms with E-state index in [4.69, 9.17) is 62.7 Å². The Morgan fingerprint density at radius 3 is 0.569 bits per heavy atom. The van der Waals surface area contributed by atoms with E-state index >= 15 is 0 Å². The van der Waals surface area contributed by atoms with Gasteiger partial charge in [0.25, 0.3) is 0 Å². The fourth-order valence-electron chi connectivity index (χ4n) is 6.09. The Balaban J connectivity index is 0. The fraction of sp³-hybridized carbons (Fsp3) is 0.538. The predicted octanol–water partition coefficient (Wildman–Crippen LogP) is 2.09. The highest BCUT2D eigenvalue weighted by Gasteiger charge is 2.34. The van der Waals surface area contributed by atoms with Crippen LogP contribution in [0.2, 0.25) is 0 Å². The van der Waals surface area contributed by atoms with Crippen molar-refractivity contribution in [1.82, 2.24) is 0 Å². The van der Waals surface area contributed by atoms with Crippen LogP contribution in [0.15, 0.2) is 60.7 Å². The summed E-state index contributed by atoms with van der Waals surface area (Å²) >= 11 is 0. The van der Waals surface area contributed by atoms with Gasteiger partial charge in [0.1, 0.15) is 19.3 Å². The molecule has 2 rings (SSSR count). The molecule has 102 heavy (non-hydrogen) atoms. The van der Waals surface area contributed by atoms with Crippen LogP contribution in [0.4, 0.5) is 0 Å². The van der Waals surface area contributed by atoms with E-state index in [1.807, 2.05) is 36.4 Å². The van der Waals surface area contributed by atoms with E-state index in [2.05, 4.69) is 28.4 Å². The standard InChI is InChI=1S/C24H30O12.C17H24O12.C13H16O5.C11H16O8/c1-13(20(26)31-12-19-10-8-7-9-11-19)33-22(28)15(3)35-24(30)17(5)36-23(29)16(4)34-21(27)14(2)32-18(6)25;1-7(13(19)20)26-15(22)9(3)28-17(24)11(5)29-16(23)10(4)27-14(21)8(2)25-12(6)18;1-9(14)12(15)18-10(2)13(16)17-8-11-6-4-3-5-7-11;1-5(9(13)14)18-11(16)7(3)19-10(15)6(2)17-8(4)12/h7-11,13-17H,12H2,1-6H3;7-11H,1-6H3,(H,19,20);3-7,9-10,14H,8H2,1-2H3;5-7H,1-4H3,(H,13,14)/t13-,14+,15-,16-,17-;7-,8+,9-,10-,11-;9-,10+;5-,6+,7-/m1101/s1. The van der Waals surface area contributed by atoms with E-state index in [0.717, 1.165) is 59.6 Å². The minimum atomic E-state index is -1.47. The van der Waals surface area contributed by atoms with Gasteiger partial charge in [-0.2, -0.15) is 0 Å². The van der Waals surface area contributed by atoms with Crippen LogP contribution in [0.3, 0.4) is 0 Å². The summed E-state index contributed by atoms with van der Waals surface area (Å²) in [4.78, 5) is 206. The third-order valence-corrected chi connectivity index (χ3v) is 11.7. The maximum absolute atomic E-state index is 12.2. The molecule has 37 heteroatoms. The van der Waals surface area contributed by atoms with Crippen molar-refractivity contribution in [3.8, 4) is 0 Å². The molecule has 0 bridgehead atoms. The van der Waals surface area contributed by atoms with E-state index in [9.17, 15) is 86.3 Å². The zero-order chi connectivity index (χ0) is 79.0. The molecule has 0 fully saturated rings. The van der Waals surface area contributed by atoms with Crippen LogP contribution in [-0.4, -0.2) is 214 Å². The first-order chi connectivity index (χ1) is 47.2. The molecule has 0 aliphatic rings. The normalized spacial score (nSPS) is 14.7. The second kappa shape index (κ2) is 47.8. The van der Waals surface area contributed by atoms with Crippen molar-refractivity contribution in [2.45, 2.75) is 229 Å². The highest BCUT2D eigenvalue weighted by molar-refractivity contribution is 5.89. The van der Waals surface area contributed by atoms with Gasteiger partial charge in [0.05, 0.1) is 0 Å². The average molecular weight is 1460 g/mol. The molecule has 0 saturated carbocycles. The average Bonchev–Trinajstić information content (AvgIpc) is 0.910. The molecule has 0 aliphatic carbocycles. The molecule has 37 nitrogen and oxygen atoms in total. The van der Waals surface area contributed by atoms with Crippen molar-refractivity contribution in [3.05, 3.63) is 71.8 Å². The zero-order valence-electron chi connectivity index (χ0n) is 59.1. The van der Waals surface area contributed by atoms with Crippen LogP contribution >= 0.6 is 0 Å². The SMILES string of the molecule is CC(=O)O[C@@H](C)C(=O)O[C@H](C)C(=O)O[C@H](C)C(=O)O.CC(=O)O[C@@H](C)C(=O)O[C@H](C)C(=O)O[C@H](C)C(=O)O[C@H](C)C(=O)O[C@H](C)C(=O)O.CC(=O)O[C@@H](C)C(=O)O[C@H](C)C(=O)O[C@H](C)C(=O)O[C@H](C)C(=O)O[C@H](C)C(=O)OCc1ccccc1.C[C@H](O)C(=O)O[C@H](C)C(=O)OCc1ccccc1. The summed E-state index contributed by atoms with van der Waals surface area (Å²) in [5.74, 6) is -17.5. The lowest BCUT2D eigenvalue weighted by atomic mass is 10.2. The number of hydrogen-bond donors (Lipinski definition) is 3. The Bertz CT molecular complexity index is 3180. The molecule has 0 unspecified atom stereocenters. The number of hydrogen-bond acceptors (Lipinski definition) is 35. The molecule has 0 aliphatic heterocycles. The Morgan fingerprint density at radius 1 is 0.245 bits per heavy atom. The maximum Gasteiger partial charge on any atom is 0.347 e. The van der Waals surface area contributed by atoms with E-state index in [1.165, 1.54) is 76.2 Å². The van der Waals surface area contributed by atoms with Gasteiger partial charge in [-0.25, -0.2) is 71.9 Å². The lowest BCUT2D eigenvalue weighted by Crippen LogP contribution is -2.38. The molecule has 15 atom stereocenters. The minimum Gasteiger partial charge on any atom is -0.479 e. The van der Waals surface area contributed by atoms with Crippen LogP contribution < -0.4 is 0 Å². The Morgan fingerprint density at radius 2 is 0.402 bits per heavy atom. The van der Waals surface area contributed by atoms with E-state index in [-0.39, 0.29) is 13.2 Å². The predicted molar refractivity (Wildman–Crippen MR) is 334 cm³/mol. The van der Waals surface area contributed by atoms with Crippen molar-refractivity contribution < 1.29 is 177 Å². The van der Waals surface area contributed by atoms with Crippen LogP contribution in [0.1, 0.15) is 136 Å². The van der Waals surface area contributed by atoms with Gasteiger partial charge < -0.3 is 91.1 Å². The minimum absolute atomic E-state index is 0.00855. The number of aliphatic hydroxyl groups excluding tert-OH is 1. The number of aliphatic hydroxyl groups is 1. The Kier molecular flexibility index (Phi) is 43.5. The summed E-state index contributed by atoms with van der Waals surface area (Å²) in [6.45, 7) is 21.7. The quantitative estimate of drug-likeness (QED) is 0.0680.